The minimum Gasteiger partial charge on any atom is -0.493 e. The molecule has 7 nitrogen and oxygen atoms in total. The van der Waals surface area contributed by atoms with Crippen LogP contribution in [-0.4, -0.2) is 39.3 Å². The van der Waals surface area contributed by atoms with Crippen LogP contribution < -0.4 is 19.5 Å². The third kappa shape index (κ3) is 5.93. The van der Waals surface area contributed by atoms with Crippen LogP contribution in [0.2, 0.25) is 5.02 Å². The zero-order chi connectivity index (χ0) is 23.8. The second kappa shape index (κ2) is 11.2. The Morgan fingerprint density at radius 3 is 2.24 bits per heavy atom. The van der Waals surface area contributed by atoms with Crippen LogP contribution in [-0.2, 0) is 4.74 Å². The molecule has 33 heavy (non-hydrogen) atoms. The molecule has 0 radical (unpaired) electrons. The number of esters is 1. The molecule has 0 saturated heterocycles. The Balaban J connectivity index is 1.77. The van der Waals surface area contributed by atoms with Crippen molar-refractivity contribution in [3.05, 3.63) is 82.6 Å². The van der Waals surface area contributed by atoms with Gasteiger partial charge in [0, 0.05) is 12.1 Å². The molecule has 3 aromatic rings. The molecule has 1 N–H and O–H groups in total. The number of carbonyl (C=O) groups excluding carboxylic acids is 2. The minimum absolute atomic E-state index is 0.0268. The van der Waals surface area contributed by atoms with Crippen molar-refractivity contribution < 1.29 is 32.9 Å². The standard InChI is InChI=1S/C24H21ClFNO6/c1-30-21-13-16(24(29)33-12-11-32-20-10-6-5-9-18(20)26)19(14-22(21)31-2)27-23(28)15-7-3-4-8-17(15)25/h3-10,13-14H,11-12H2,1-2H3,(H,27,28). The number of rotatable bonds is 9. The average Bonchev–Trinajstić information content (AvgIpc) is 2.82. The molecule has 0 aromatic heterocycles. The highest BCUT2D eigenvalue weighted by Gasteiger charge is 2.21. The fourth-order valence-corrected chi connectivity index (χ4v) is 3.13. The van der Waals surface area contributed by atoms with Crippen LogP contribution in [0.15, 0.2) is 60.7 Å². The van der Waals surface area contributed by atoms with Crippen molar-refractivity contribution in [2.75, 3.05) is 32.8 Å². The van der Waals surface area contributed by atoms with Gasteiger partial charge in [0.2, 0.25) is 0 Å². The van der Waals surface area contributed by atoms with E-state index >= 15 is 0 Å². The number of halogens is 2. The summed E-state index contributed by atoms with van der Waals surface area (Å²) in [7, 11) is 2.84. The van der Waals surface area contributed by atoms with Gasteiger partial charge in [-0.3, -0.25) is 4.79 Å². The Kier molecular flexibility index (Phi) is 8.10. The number of methoxy groups -OCH3 is 2. The van der Waals surface area contributed by atoms with Crippen LogP contribution in [0.4, 0.5) is 10.1 Å². The summed E-state index contributed by atoms with van der Waals surface area (Å²) < 4.78 is 34.7. The third-order valence-electron chi connectivity index (χ3n) is 4.52. The maximum atomic E-state index is 13.6. The molecule has 0 aliphatic rings. The normalized spacial score (nSPS) is 10.3. The quantitative estimate of drug-likeness (QED) is 0.348. The maximum Gasteiger partial charge on any atom is 0.340 e. The van der Waals surface area contributed by atoms with Gasteiger partial charge in [-0.05, 0) is 24.3 Å². The van der Waals surface area contributed by atoms with Crippen molar-refractivity contribution in [3.8, 4) is 17.2 Å². The first-order valence-corrected chi connectivity index (χ1v) is 10.2. The van der Waals surface area contributed by atoms with E-state index in [2.05, 4.69) is 5.32 Å². The fourth-order valence-electron chi connectivity index (χ4n) is 2.91. The van der Waals surface area contributed by atoms with E-state index in [0.717, 1.165) is 0 Å². The molecule has 3 aromatic carbocycles. The smallest absolute Gasteiger partial charge is 0.340 e. The van der Waals surface area contributed by atoms with Crippen molar-refractivity contribution in [3.63, 3.8) is 0 Å². The van der Waals surface area contributed by atoms with Gasteiger partial charge in [-0.15, -0.1) is 0 Å². The lowest BCUT2D eigenvalue weighted by Gasteiger charge is -2.16. The summed E-state index contributed by atoms with van der Waals surface area (Å²) in [5, 5.41) is 2.91. The molecule has 172 valence electrons. The van der Waals surface area contributed by atoms with Gasteiger partial charge in [0.15, 0.2) is 23.1 Å². The molecule has 0 bridgehead atoms. The Morgan fingerprint density at radius 1 is 0.879 bits per heavy atom. The van der Waals surface area contributed by atoms with E-state index in [0.29, 0.717) is 5.75 Å². The molecule has 0 atom stereocenters. The number of para-hydroxylation sites is 1. The highest BCUT2D eigenvalue weighted by molar-refractivity contribution is 6.34. The first kappa shape index (κ1) is 23.9. The number of hydrogen-bond acceptors (Lipinski definition) is 6. The number of benzene rings is 3. The van der Waals surface area contributed by atoms with Gasteiger partial charge in [0.1, 0.15) is 13.2 Å². The van der Waals surface area contributed by atoms with Gasteiger partial charge in [0.25, 0.3) is 5.91 Å². The van der Waals surface area contributed by atoms with Crippen molar-refractivity contribution in [1.29, 1.82) is 0 Å². The van der Waals surface area contributed by atoms with Crippen LogP contribution >= 0.6 is 11.6 Å². The lowest BCUT2D eigenvalue weighted by atomic mass is 10.1. The second-order valence-corrected chi connectivity index (χ2v) is 7.01. The molecule has 0 aliphatic carbocycles. The van der Waals surface area contributed by atoms with E-state index in [9.17, 15) is 14.0 Å². The van der Waals surface area contributed by atoms with Crippen LogP contribution in [0.1, 0.15) is 20.7 Å². The summed E-state index contributed by atoms with van der Waals surface area (Å²) in [5.74, 6) is -1.18. The Morgan fingerprint density at radius 2 is 1.55 bits per heavy atom. The largest absolute Gasteiger partial charge is 0.493 e. The molecule has 1 amide bonds. The van der Waals surface area contributed by atoms with Crippen LogP contribution in [0.5, 0.6) is 17.2 Å². The molecule has 0 aliphatic heterocycles. The van der Waals surface area contributed by atoms with E-state index in [4.69, 9.17) is 30.5 Å². The van der Waals surface area contributed by atoms with E-state index in [1.807, 2.05) is 0 Å². The number of amides is 1. The number of hydrogen-bond donors (Lipinski definition) is 1. The van der Waals surface area contributed by atoms with Crippen molar-refractivity contribution in [2.24, 2.45) is 0 Å². The van der Waals surface area contributed by atoms with Gasteiger partial charge in [-0.2, -0.15) is 0 Å². The van der Waals surface area contributed by atoms with Crippen LogP contribution in [0, 0.1) is 5.82 Å². The molecule has 3 rings (SSSR count). The lowest BCUT2D eigenvalue weighted by Crippen LogP contribution is -2.18. The van der Waals surface area contributed by atoms with Gasteiger partial charge in [-0.25, -0.2) is 9.18 Å². The van der Waals surface area contributed by atoms with Crippen molar-refractivity contribution in [2.45, 2.75) is 0 Å². The van der Waals surface area contributed by atoms with E-state index < -0.39 is 17.7 Å². The molecule has 0 saturated carbocycles. The number of nitrogens with one attached hydrogen (secondary N) is 1. The summed E-state index contributed by atoms with van der Waals surface area (Å²) in [6, 6.07) is 15.2. The molecular formula is C24H21ClFNO6. The van der Waals surface area contributed by atoms with Gasteiger partial charge in [0.05, 0.1) is 36.1 Å². The SMILES string of the molecule is COc1cc(NC(=O)c2ccccc2Cl)c(C(=O)OCCOc2ccccc2F)cc1OC. The fraction of sp³-hybridized carbons (Fsp3) is 0.167. The van der Waals surface area contributed by atoms with E-state index in [1.54, 1.807) is 30.3 Å². The number of ether oxygens (including phenoxy) is 4. The highest BCUT2D eigenvalue weighted by Crippen LogP contribution is 2.34. The molecule has 0 unspecified atom stereocenters. The van der Waals surface area contributed by atoms with Crippen LogP contribution in [0.3, 0.4) is 0 Å². The highest BCUT2D eigenvalue weighted by atomic mass is 35.5. The zero-order valence-electron chi connectivity index (χ0n) is 17.9. The lowest BCUT2D eigenvalue weighted by molar-refractivity contribution is 0.0449. The maximum absolute atomic E-state index is 13.6. The first-order chi connectivity index (χ1) is 15.9. The predicted molar refractivity (Wildman–Crippen MR) is 121 cm³/mol. The van der Waals surface area contributed by atoms with E-state index in [1.165, 1.54) is 44.6 Å². The van der Waals surface area contributed by atoms with Gasteiger partial charge >= 0.3 is 5.97 Å². The van der Waals surface area contributed by atoms with Crippen molar-refractivity contribution in [1.82, 2.24) is 0 Å². The molecule has 0 fully saturated rings. The molecule has 0 heterocycles. The molecular weight excluding hydrogens is 453 g/mol. The van der Waals surface area contributed by atoms with Gasteiger partial charge < -0.3 is 24.3 Å². The third-order valence-corrected chi connectivity index (χ3v) is 4.85. The monoisotopic (exact) mass is 473 g/mol. The summed E-state index contributed by atoms with van der Waals surface area (Å²) in [4.78, 5) is 25.5. The average molecular weight is 474 g/mol. The van der Waals surface area contributed by atoms with Gasteiger partial charge in [-0.1, -0.05) is 35.9 Å². The second-order valence-electron chi connectivity index (χ2n) is 6.60. The minimum atomic E-state index is -0.748. The topological polar surface area (TPSA) is 83.1 Å². The Hall–Kier alpha value is -3.78. The summed E-state index contributed by atoms with van der Waals surface area (Å²) in [6.45, 7) is -0.222. The Labute approximate surface area is 195 Å². The summed E-state index contributed by atoms with van der Waals surface area (Å²) >= 11 is 6.10. The summed E-state index contributed by atoms with van der Waals surface area (Å²) in [5.41, 5.74) is 0.392. The molecule has 9 heteroatoms. The summed E-state index contributed by atoms with van der Waals surface area (Å²) in [6.07, 6.45) is 0. The Bertz CT molecular complexity index is 1150. The zero-order valence-corrected chi connectivity index (χ0v) is 18.6. The van der Waals surface area contributed by atoms with Crippen LogP contribution in [0.25, 0.3) is 0 Å². The number of anilines is 1. The predicted octanol–water partition coefficient (Wildman–Crippen LogP) is 4.98. The first-order valence-electron chi connectivity index (χ1n) is 9.81. The van der Waals surface area contributed by atoms with Crippen molar-refractivity contribution >= 4 is 29.2 Å². The molecule has 0 spiro atoms. The van der Waals surface area contributed by atoms with E-state index in [-0.39, 0.29) is 46.5 Å². The number of carbonyl (C=O) groups is 2.